The number of unbranched alkanes of at least 4 members (excludes halogenated alkanes) is 1. The summed E-state index contributed by atoms with van der Waals surface area (Å²) in [6.45, 7) is 4.36. The molecule has 0 aliphatic rings. The van der Waals surface area contributed by atoms with Crippen LogP contribution in [0.4, 0.5) is 11.5 Å². The van der Waals surface area contributed by atoms with E-state index in [9.17, 15) is 13.2 Å². The molecule has 0 unspecified atom stereocenters. The lowest BCUT2D eigenvalue weighted by atomic mass is 10.2. The summed E-state index contributed by atoms with van der Waals surface area (Å²) in [6.07, 6.45) is 1.99. The summed E-state index contributed by atoms with van der Waals surface area (Å²) in [4.78, 5) is 12.6. The summed E-state index contributed by atoms with van der Waals surface area (Å²) in [5.41, 5.74) is 0.898. The second-order valence-electron chi connectivity index (χ2n) is 6.75. The summed E-state index contributed by atoms with van der Waals surface area (Å²) in [5, 5.41) is 6.36. The first-order valence-electron chi connectivity index (χ1n) is 9.58. The Labute approximate surface area is 189 Å². The van der Waals surface area contributed by atoms with Crippen molar-refractivity contribution >= 4 is 43.4 Å². The normalized spacial score (nSPS) is 11.2. The van der Waals surface area contributed by atoms with Gasteiger partial charge in [0, 0.05) is 17.3 Å². The molecule has 0 fully saturated rings. The quantitative estimate of drug-likeness (QED) is 0.395. The first-order valence-corrected chi connectivity index (χ1v) is 11.9. The van der Waals surface area contributed by atoms with Crippen LogP contribution in [0.5, 0.6) is 5.75 Å². The summed E-state index contributed by atoms with van der Waals surface area (Å²) >= 11 is 3.42. The molecule has 0 saturated carbocycles. The number of benzene rings is 2. The van der Waals surface area contributed by atoms with Crippen molar-refractivity contribution in [2.75, 3.05) is 16.6 Å². The van der Waals surface area contributed by atoms with Crippen molar-refractivity contribution in [3.8, 4) is 5.75 Å². The number of ether oxygens (including phenoxy) is 1. The Kier molecular flexibility index (Phi) is 7.34. The summed E-state index contributed by atoms with van der Waals surface area (Å²) < 4.78 is 38.4. The van der Waals surface area contributed by atoms with Crippen LogP contribution in [0.15, 0.2) is 62.4 Å². The van der Waals surface area contributed by atoms with Crippen LogP contribution in [0.3, 0.4) is 0 Å². The highest BCUT2D eigenvalue weighted by molar-refractivity contribution is 9.10. The van der Waals surface area contributed by atoms with Crippen molar-refractivity contribution in [2.45, 2.75) is 31.6 Å². The van der Waals surface area contributed by atoms with Crippen LogP contribution < -0.4 is 14.8 Å². The highest BCUT2D eigenvalue weighted by Gasteiger charge is 2.17. The molecule has 1 amide bonds. The van der Waals surface area contributed by atoms with E-state index in [1.54, 1.807) is 25.1 Å². The Bertz CT molecular complexity index is 1160. The number of anilines is 2. The molecule has 164 valence electrons. The zero-order valence-corrected chi connectivity index (χ0v) is 19.4. The maximum atomic E-state index is 12.5. The first-order chi connectivity index (χ1) is 14.8. The molecule has 0 aliphatic heterocycles. The van der Waals surface area contributed by atoms with Gasteiger partial charge in [-0.2, -0.15) is 0 Å². The van der Waals surface area contributed by atoms with E-state index in [0.717, 1.165) is 12.8 Å². The lowest BCUT2D eigenvalue weighted by Gasteiger charge is -2.10. The van der Waals surface area contributed by atoms with Crippen molar-refractivity contribution in [2.24, 2.45) is 0 Å². The number of aromatic nitrogens is 1. The van der Waals surface area contributed by atoms with Crippen LogP contribution in [-0.2, 0) is 10.0 Å². The van der Waals surface area contributed by atoms with Crippen LogP contribution >= 0.6 is 15.9 Å². The zero-order chi connectivity index (χ0) is 22.4. The molecule has 0 spiro atoms. The van der Waals surface area contributed by atoms with Gasteiger partial charge in [0.05, 0.1) is 16.0 Å². The van der Waals surface area contributed by atoms with Crippen LogP contribution in [0, 0.1) is 6.92 Å². The van der Waals surface area contributed by atoms with Crippen LogP contribution in [0.1, 0.15) is 35.9 Å². The number of carbonyl (C=O) groups is 1. The number of nitrogens with zero attached hydrogens (tertiary/aromatic N) is 1. The Morgan fingerprint density at radius 1 is 1.16 bits per heavy atom. The van der Waals surface area contributed by atoms with E-state index in [-0.39, 0.29) is 16.6 Å². The lowest BCUT2D eigenvalue weighted by Crippen LogP contribution is -2.14. The molecule has 1 heterocycles. The number of hydrogen-bond donors (Lipinski definition) is 2. The maximum Gasteiger partial charge on any atom is 0.263 e. The molecule has 0 aliphatic carbocycles. The van der Waals surface area contributed by atoms with Crippen molar-refractivity contribution in [3.63, 3.8) is 0 Å². The van der Waals surface area contributed by atoms with E-state index in [0.29, 0.717) is 33.8 Å². The van der Waals surface area contributed by atoms with Gasteiger partial charge in [-0.3, -0.25) is 9.52 Å². The molecule has 3 rings (SSSR count). The van der Waals surface area contributed by atoms with E-state index in [4.69, 9.17) is 9.26 Å². The molecule has 0 radical (unpaired) electrons. The predicted molar refractivity (Wildman–Crippen MR) is 121 cm³/mol. The number of hydrogen-bond acceptors (Lipinski definition) is 6. The third kappa shape index (κ3) is 6.08. The third-order valence-electron chi connectivity index (χ3n) is 4.24. The number of carbonyl (C=O) groups excluding carboxylic acids is 1. The molecular weight excluding hydrogens is 486 g/mol. The molecule has 0 bridgehead atoms. The Morgan fingerprint density at radius 3 is 2.52 bits per heavy atom. The largest absolute Gasteiger partial charge is 0.492 e. The molecule has 0 atom stereocenters. The highest BCUT2D eigenvalue weighted by atomic mass is 79.9. The minimum Gasteiger partial charge on any atom is -0.492 e. The Morgan fingerprint density at radius 2 is 1.90 bits per heavy atom. The van der Waals surface area contributed by atoms with Crippen molar-refractivity contribution < 1.29 is 22.5 Å². The molecular formula is C21H22BrN3O5S. The lowest BCUT2D eigenvalue weighted by molar-refractivity contribution is 0.102. The van der Waals surface area contributed by atoms with Gasteiger partial charge in [-0.05, 0) is 71.7 Å². The minimum atomic E-state index is -3.82. The summed E-state index contributed by atoms with van der Waals surface area (Å²) in [7, 11) is -3.82. The van der Waals surface area contributed by atoms with Gasteiger partial charge in [0.25, 0.3) is 15.9 Å². The topological polar surface area (TPSA) is 111 Å². The van der Waals surface area contributed by atoms with Gasteiger partial charge >= 0.3 is 0 Å². The third-order valence-corrected chi connectivity index (χ3v) is 6.23. The number of halogens is 1. The Hall–Kier alpha value is -2.85. The van der Waals surface area contributed by atoms with Crippen molar-refractivity contribution in [1.29, 1.82) is 0 Å². The molecule has 31 heavy (non-hydrogen) atoms. The standard InChI is InChI=1S/C21H22BrN3O5S/c1-3-4-11-29-19-10-5-15(13-18(19)22)21(26)23-16-6-8-17(9-7-16)31(27,28)25-20-12-14(2)30-24-20/h5-10,12-13H,3-4,11H2,1-2H3,(H,23,26)(H,24,25). The van der Waals surface area contributed by atoms with Gasteiger partial charge < -0.3 is 14.6 Å². The second kappa shape index (κ2) is 9.97. The minimum absolute atomic E-state index is 0.0301. The van der Waals surface area contributed by atoms with E-state index < -0.39 is 10.0 Å². The van der Waals surface area contributed by atoms with E-state index >= 15 is 0 Å². The van der Waals surface area contributed by atoms with E-state index in [1.165, 1.54) is 30.3 Å². The van der Waals surface area contributed by atoms with Crippen LogP contribution in [0.25, 0.3) is 0 Å². The van der Waals surface area contributed by atoms with Gasteiger partial charge in [0.15, 0.2) is 5.82 Å². The molecule has 0 saturated heterocycles. The van der Waals surface area contributed by atoms with Crippen molar-refractivity contribution in [1.82, 2.24) is 5.16 Å². The smallest absolute Gasteiger partial charge is 0.263 e. The second-order valence-corrected chi connectivity index (χ2v) is 9.29. The molecule has 1 aromatic heterocycles. The van der Waals surface area contributed by atoms with E-state index in [1.807, 2.05) is 0 Å². The molecule has 10 heteroatoms. The van der Waals surface area contributed by atoms with E-state index in [2.05, 4.69) is 38.0 Å². The monoisotopic (exact) mass is 507 g/mol. The van der Waals surface area contributed by atoms with Crippen LogP contribution in [-0.4, -0.2) is 26.1 Å². The molecule has 3 aromatic rings. The number of aryl methyl sites for hydroxylation is 1. The van der Waals surface area contributed by atoms with Gasteiger partial charge in [-0.25, -0.2) is 8.42 Å². The van der Waals surface area contributed by atoms with Gasteiger partial charge in [-0.15, -0.1) is 0 Å². The molecule has 2 aromatic carbocycles. The Balaban J connectivity index is 1.65. The number of amides is 1. The van der Waals surface area contributed by atoms with Gasteiger partial charge in [0.2, 0.25) is 0 Å². The number of rotatable bonds is 9. The highest BCUT2D eigenvalue weighted by Crippen LogP contribution is 2.27. The average Bonchev–Trinajstić information content (AvgIpc) is 3.13. The van der Waals surface area contributed by atoms with Crippen LogP contribution in [0.2, 0.25) is 0 Å². The zero-order valence-electron chi connectivity index (χ0n) is 17.0. The fourth-order valence-corrected chi connectivity index (χ4v) is 4.09. The summed E-state index contributed by atoms with van der Waals surface area (Å²) in [5.74, 6) is 0.938. The van der Waals surface area contributed by atoms with Gasteiger partial charge in [0.1, 0.15) is 11.5 Å². The molecule has 8 nitrogen and oxygen atoms in total. The maximum absolute atomic E-state index is 12.5. The first kappa shape index (κ1) is 22.8. The molecule has 2 N–H and O–H groups in total. The predicted octanol–water partition coefficient (Wildman–Crippen LogP) is 4.98. The summed E-state index contributed by atoms with van der Waals surface area (Å²) in [6, 6.07) is 12.4. The fourth-order valence-electron chi connectivity index (χ4n) is 2.62. The number of nitrogens with one attached hydrogen (secondary N) is 2. The average molecular weight is 508 g/mol. The van der Waals surface area contributed by atoms with Gasteiger partial charge in [-0.1, -0.05) is 18.5 Å². The van der Waals surface area contributed by atoms with Crippen molar-refractivity contribution in [3.05, 3.63) is 64.3 Å². The number of sulfonamides is 1. The SMILES string of the molecule is CCCCOc1ccc(C(=O)Nc2ccc(S(=O)(=O)Nc3cc(C)on3)cc2)cc1Br. The fraction of sp³-hybridized carbons (Fsp3) is 0.238.